The molecule has 1 saturated heterocycles. The monoisotopic (exact) mass is 424 g/mol. The fourth-order valence-electron chi connectivity index (χ4n) is 3.25. The molecule has 0 radical (unpaired) electrons. The smallest absolute Gasteiger partial charge is 0.246 e. The van der Waals surface area contributed by atoms with E-state index in [-0.39, 0.29) is 38.8 Å². The molecule has 2 aliphatic rings. The number of carbonyl (C=O) groups is 2. The number of hydrogen-bond acceptors (Lipinski definition) is 7. The zero-order valence-electron chi connectivity index (χ0n) is 14.6. The minimum atomic E-state index is -0.822. The summed E-state index contributed by atoms with van der Waals surface area (Å²) in [5, 5.41) is 2.48. The number of fused-ring (bicyclic) bond motifs is 1. The largest absolute Gasteiger partial charge is 0.432 e. The molecule has 1 N–H and O–H groups in total. The molecule has 0 spiro atoms. The number of carbonyl (C=O) groups excluding carboxylic acids is 2. The summed E-state index contributed by atoms with van der Waals surface area (Å²) < 4.78 is 19.2. The van der Waals surface area contributed by atoms with E-state index in [9.17, 15) is 14.0 Å². The van der Waals surface area contributed by atoms with Crippen molar-refractivity contribution in [1.82, 2.24) is 20.2 Å². The molecule has 0 bridgehead atoms. The number of halogens is 3. The van der Waals surface area contributed by atoms with Crippen molar-refractivity contribution in [1.29, 1.82) is 0 Å². The summed E-state index contributed by atoms with van der Waals surface area (Å²) in [6, 6.07) is 0. The molecule has 146 valence electrons. The van der Waals surface area contributed by atoms with Gasteiger partial charge in [-0.3, -0.25) is 9.59 Å². The van der Waals surface area contributed by atoms with Gasteiger partial charge >= 0.3 is 0 Å². The topological polar surface area (TPSA) is 88.3 Å². The van der Waals surface area contributed by atoms with E-state index in [4.69, 9.17) is 27.6 Å². The maximum absolute atomic E-state index is 13.7. The highest BCUT2D eigenvalue weighted by Gasteiger charge is 2.33. The minimum Gasteiger partial charge on any atom is -0.432 e. The summed E-state index contributed by atoms with van der Waals surface area (Å²) in [7, 11) is 0. The van der Waals surface area contributed by atoms with Crippen LogP contribution in [0.1, 0.15) is 33.9 Å². The lowest BCUT2D eigenvalue weighted by Crippen LogP contribution is -2.33. The molecule has 0 unspecified atom stereocenters. The van der Waals surface area contributed by atoms with Gasteiger partial charge in [0.2, 0.25) is 23.2 Å². The first-order valence-corrected chi connectivity index (χ1v) is 9.49. The molecular weight excluding hydrogens is 410 g/mol. The van der Waals surface area contributed by atoms with Crippen molar-refractivity contribution in [2.75, 3.05) is 26.2 Å². The summed E-state index contributed by atoms with van der Waals surface area (Å²) in [5.74, 6) is -2.29. The van der Waals surface area contributed by atoms with Gasteiger partial charge in [-0.15, -0.1) is 0 Å². The Balaban J connectivity index is 1.57. The van der Waals surface area contributed by atoms with E-state index in [0.29, 0.717) is 6.54 Å². The van der Waals surface area contributed by atoms with E-state index in [1.165, 1.54) is 18.9 Å². The van der Waals surface area contributed by atoms with Gasteiger partial charge in [0.05, 0.1) is 22.5 Å². The van der Waals surface area contributed by atoms with Crippen LogP contribution in [0.2, 0.25) is 10.2 Å². The normalized spacial score (nSPS) is 17.0. The maximum atomic E-state index is 13.7. The number of nitrogens with one attached hydrogen (secondary N) is 1. The molecule has 3 heterocycles. The zero-order chi connectivity index (χ0) is 19.8. The van der Waals surface area contributed by atoms with Crippen LogP contribution >= 0.6 is 23.2 Å². The van der Waals surface area contributed by atoms with E-state index in [2.05, 4.69) is 20.2 Å². The number of oxazole rings is 1. The third kappa shape index (κ3) is 3.43. The van der Waals surface area contributed by atoms with Crippen LogP contribution in [0.4, 0.5) is 4.39 Å². The molecule has 2 aromatic heterocycles. The summed E-state index contributed by atoms with van der Waals surface area (Å²) in [5.41, 5.74) is -0.141. The number of ketones is 2. The second kappa shape index (κ2) is 7.62. The van der Waals surface area contributed by atoms with Gasteiger partial charge in [-0.05, 0) is 25.9 Å². The fraction of sp³-hybridized carbons (Fsp3) is 0.333. The summed E-state index contributed by atoms with van der Waals surface area (Å²) in [4.78, 5) is 35.0. The van der Waals surface area contributed by atoms with Crippen LogP contribution in [-0.2, 0) is 0 Å². The third-order valence-electron chi connectivity index (χ3n) is 4.67. The first-order valence-electron chi connectivity index (χ1n) is 8.73. The van der Waals surface area contributed by atoms with Gasteiger partial charge in [-0.25, -0.2) is 14.4 Å². The van der Waals surface area contributed by atoms with Gasteiger partial charge in [-0.2, -0.15) is 0 Å². The number of nitrogens with zero attached hydrogens (tertiary/aromatic N) is 3. The molecule has 1 aliphatic carbocycles. The molecule has 1 aliphatic heterocycles. The first-order chi connectivity index (χ1) is 13.5. The first kappa shape index (κ1) is 19.0. The SMILES string of the molecule is O=C1C=C(NCCN2CCCC2)C(=O)c2oc(-c3c(Cl)ncc(F)c3Cl)nc21. The second-order valence-corrected chi connectivity index (χ2v) is 7.25. The quantitative estimate of drug-likeness (QED) is 0.737. The standard InChI is InChI=1S/C18H15Cl2FN4O3/c19-13-9(21)8-23-17(20)12(13)18-24-14-11(26)7-10(15(27)16(14)28-18)22-3-6-25-4-1-2-5-25/h7-8,22H,1-6H2. The highest BCUT2D eigenvalue weighted by atomic mass is 35.5. The molecule has 10 heteroatoms. The van der Waals surface area contributed by atoms with Crippen LogP contribution < -0.4 is 5.32 Å². The summed E-state index contributed by atoms with van der Waals surface area (Å²) in [6.45, 7) is 3.36. The third-order valence-corrected chi connectivity index (χ3v) is 5.33. The molecule has 7 nitrogen and oxygen atoms in total. The average molecular weight is 425 g/mol. The Labute approximate surface area is 169 Å². The van der Waals surface area contributed by atoms with Gasteiger partial charge in [0.25, 0.3) is 0 Å². The van der Waals surface area contributed by atoms with Crippen molar-refractivity contribution in [2.45, 2.75) is 12.8 Å². The number of allylic oxidation sites excluding steroid dienone is 2. The highest BCUT2D eigenvalue weighted by Crippen LogP contribution is 2.36. The Hall–Kier alpha value is -2.29. The number of likely N-dealkylation sites (tertiary alicyclic amines) is 1. The van der Waals surface area contributed by atoms with E-state index < -0.39 is 17.4 Å². The summed E-state index contributed by atoms with van der Waals surface area (Å²) >= 11 is 11.9. The van der Waals surface area contributed by atoms with E-state index >= 15 is 0 Å². The van der Waals surface area contributed by atoms with Gasteiger partial charge < -0.3 is 14.6 Å². The molecular formula is C18H15Cl2FN4O3. The predicted octanol–water partition coefficient (Wildman–Crippen LogP) is 3.13. The van der Waals surface area contributed by atoms with Crippen molar-refractivity contribution >= 4 is 34.8 Å². The molecule has 4 rings (SSSR count). The molecule has 2 aromatic rings. The molecule has 28 heavy (non-hydrogen) atoms. The zero-order valence-corrected chi connectivity index (χ0v) is 16.1. The van der Waals surface area contributed by atoms with E-state index in [1.54, 1.807) is 0 Å². The van der Waals surface area contributed by atoms with Crippen molar-refractivity contribution in [3.8, 4) is 11.5 Å². The predicted molar refractivity (Wildman–Crippen MR) is 100 cm³/mol. The van der Waals surface area contributed by atoms with E-state index in [0.717, 1.165) is 25.8 Å². The van der Waals surface area contributed by atoms with Crippen LogP contribution in [0.3, 0.4) is 0 Å². The Morgan fingerprint density at radius 3 is 2.75 bits per heavy atom. The van der Waals surface area contributed by atoms with Crippen molar-refractivity contribution in [2.24, 2.45) is 0 Å². The van der Waals surface area contributed by atoms with Gasteiger partial charge in [-0.1, -0.05) is 23.2 Å². The average Bonchev–Trinajstić information content (AvgIpc) is 3.33. The maximum Gasteiger partial charge on any atom is 0.246 e. The second-order valence-electron chi connectivity index (χ2n) is 6.51. The van der Waals surface area contributed by atoms with Crippen LogP contribution in [0, 0.1) is 5.82 Å². The van der Waals surface area contributed by atoms with Crippen molar-refractivity contribution < 1.29 is 18.4 Å². The van der Waals surface area contributed by atoms with Crippen molar-refractivity contribution in [3.63, 3.8) is 0 Å². The molecule has 0 aromatic carbocycles. The number of aromatic nitrogens is 2. The molecule has 0 amide bonds. The number of Topliss-reactive ketones (excluding diaryl/α,β-unsaturated/α-hetero) is 1. The number of pyridine rings is 1. The number of hydrogen-bond donors (Lipinski definition) is 1. The van der Waals surface area contributed by atoms with Crippen LogP contribution in [0.25, 0.3) is 11.5 Å². The molecule has 0 saturated carbocycles. The lowest BCUT2D eigenvalue weighted by molar-refractivity contribution is 0.0956. The Kier molecular flexibility index (Phi) is 5.18. The summed E-state index contributed by atoms with van der Waals surface area (Å²) in [6.07, 6.45) is 4.39. The lowest BCUT2D eigenvalue weighted by atomic mass is 10.0. The molecule has 0 atom stereocenters. The van der Waals surface area contributed by atoms with Gasteiger partial charge in [0.15, 0.2) is 11.5 Å². The minimum absolute atomic E-state index is 0.109. The van der Waals surface area contributed by atoms with Crippen LogP contribution in [0.5, 0.6) is 0 Å². The Bertz CT molecular complexity index is 999. The molecule has 1 fully saturated rings. The van der Waals surface area contributed by atoms with Gasteiger partial charge in [0.1, 0.15) is 5.15 Å². The van der Waals surface area contributed by atoms with E-state index in [1.807, 2.05) is 0 Å². The van der Waals surface area contributed by atoms with Crippen LogP contribution in [0.15, 0.2) is 22.4 Å². The lowest BCUT2D eigenvalue weighted by Gasteiger charge is -2.17. The van der Waals surface area contributed by atoms with Crippen molar-refractivity contribution in [3.05, 3.63) is 45.4 Å². The fourth-order valence-corrected chi connectivity index (χ4v) is 3.74. The van der Waals surface area contributed by atoms with Crippen LogP contribution in [-0.4, -0.2) is 52.6 Å². The Morgan fingerprint density at radius 1 is 1.25 bits per heavy atom. The van der Waals surface area contributed by atoms with Gasteiger partial charge in [0, 0.05) is 19.2 Å². The Morgan fingerprint density at radius 2 is 2.00 bits per heavy atom. The highest BCUT2D eigenvalue weighted by molar-refractivity contribution is 6.38. The number of rotatable bonds is 5.